The van der Waals surface area contributed by atoms with E-state index in [1.807, 2.05) is 45.9 Å². The lowest BCUT2D eigenvalue weighted by atomic mass is 10.1. The Morgan fingerprint density at radius 2 is 2.10 bits per heavy atom. The van der Waals surface area contributed by atoms with Crippen LogP contribution in [0.3, 0.4) is 0 Å². The number of thioether (sulfide) groups is 1. The lowest BCUT2D eigenvalue weighted by molar-refractivity contribution is -0.115. The highest BCUT2D eigenvalue weighted by Crippen LogP contribution is 2.26. The molecule has 0 spiro atoms. The van der Waals surface area contributed by atoms with E-state index in [-0.39, 0.29) is 11.2 Å². The minimum Gasteiger partial charge on any atom is -0.437 e. The highest BCUT2D eigenvalue weighted by molar-refractivity contribution is 8.00. The van der Waals surface area contributed by atoms with E-state index in [2.05, 4.69) is 10.3 Å². The number of oxazole rings is 1. The van der Waals surface area contributed by atoms with Gasteiger partial charge in [-0.15, -0.1) is 0 Å². The van der Waals surface area contributed by atoms with Crippen LogP contribution in [-0.4, -0.2) is 16.1 Å². The van der Waals surface area contributed by atoms with Gasteiger partial charge in [0.15, 0.2) is 0 Å². The standard InChI is InChI=1S/C15H19N3O2S/c1-8-12(16)6-5-7-13(8)18-14(19)11(4)21-15-17-9(2)10(3)20-15/h5-7,11H,16H2,1-4H3,(H,18,19). The van der Waals surface area contributed by atoms with Gasteiger partial charge in [0.25, 0.3) is 5.22 Å². The van der Waals surface area contributed by atoms with Gasteiger partial charge in [-0.25, -0.2) is 4.98 Å². The normalized spacial score (nSPS) is 12.2. The molecule has 1 heterocycles. The summed E-state index contributed by atoms with van der Waals surface area (Å²) in [5.41, 5.74) is 8.93. The van der Waals surface area contributed by atoms with Crippen LogP contribution in [0.25, 0.3) is 0 Å². The van der Waals surface area contributed by atoms with Crippen molar-refractivity contribution in [3.63, 3.8) is 0 Å². The number of hydrogen-bond acceptors (Lipinski definition) is 5. The average Bonchev–Trinajstić information content (AvgIpc) is 2.73. The molecule has 1 atom stereocenters. The van der Waals surface area contributed by atoms with Gasteiger partial charge in [0.05, 0.1) is 10.9 Å². The van der Waals surface area contributed by atoms with Gasteiger partial charge in [-0.05, 0) is 45.4 Å². The predicted octanol–water partition coefficient (Wildman–Crippen LogP) is 3.30. The number of hydrogen-bond donors (Lipinski definition) is 2. The van der Waals surface area contributed by atoms with Crippen LogP contribution < -0.4 is 11.1 Å². The highest BCUT2D eigenvalue weighted by atomic mass is 32.2. The molecular formula is C15H19N3O2S. The summed E-state index contributed by atoms with van der Waals surface area (Å²) in [5, 5.41) is 3.08. The summed E-state index contributed by atoms with van der Waals surface area (Å²) in [6.45, 7) is 7.43. The number of aryl methyl sites for hydroxylation is 2. The van der Waals surface area contributed by atoms with Crippen LogP contribution in [0.1, 0.15) is 23.9 Å². The Hall–Kier alpha value is -1.95. The van der Waals surface area contributed by atoms with Gasteiger partial charge in [0.1, 0.15) is 5.76 Å². The summed E-state index contributed by atoms with van der Waals surface area (Å²) in [5.74, 6) is 0.666. The molecule has 6 heteroatoms. The molecule has 3 N–H and O–H groups in total. The lowest BCUT2D eigenvalue weighted by Gasteiger charge is -2.13. The summed E-state index contributed by atoms with van der Waals surface area (Å²) in [4.78, 5) is 16.5. The second-order valence-electron chi connectivity index (χ2n) is 4.89. The van der Waals surface area contributed by atoms with Gasteiger partial charge < -0.3 is 15.5 Å². The molecule has 112 valence electrons. The van der Waals surface area contributed by atoms with E-state index in [0.29, 0.717) is 10.9 Å². The van der Waals surface area contributed by atoms with Crippen LogP contribution in [0.4, 0.5) is 11.4 Å². The molecule has 0 saturated heterocycles. The average molecular weight is 305 g/mol. The van der Waals surface area contributed by atoms with Crippen molar-refractivity contribution in [1.82, 2.24) is 4.98 Å². The molecule has 21 heavy (non-hydrogen) atoms. The third-order valence-corrected chi connectivity index (χ3v) is 4.23. The maximum atomic E-state index is 12.2. The van der Waals surface area contributed by atoms with Crippen LogP contribution >= 0.6 is 11.8 Å². The van der Waals surface area contributed by atoms with E-state index in [4.69, 9.17) is 10.2 Å². The Morgan fingerprint density at radius 1 is 1.38 bits per heavy atom. The number of rotatable bonds is 4. The number of nitrogens with two attached hydrogens (primary N) is 1. The van der Waals surface area contributed by atoms with Gasteiger partial charge in [-0.3, -0.25) is 4.79 Å². The number of carbonyl (C=O) groups excluding carboxylic acids is 1. The van der Waals surface area contributed by atoms with Crippen molar-refractivity contribution < 1.29 is 9.21 Å². The van der Waals surface area contributed by atoms with Crippen LogP contribution in [-0.2, 0) is 4.79 Å². The third kappa shape index (κ3) is 3.58. The molecule has 5 nitrogen and oxygen atoms in total. The topological polar surface area (TPSA) is 81.2 Å². The first-order chi connectivity index (χ1) is 9.88. The summed E-state index contributed by atoms with van der Waals surface area (Å²) in [6, 6.07) is 5.46. The van der Waals surface area contributed by atoms with E-state index in [1.165, 1.54) is 11.8 Å². The number of nitrogens with one attached hydrogen (secondary N) is 1. The zero-order valence-electron chi connectivity index (χ0n) is 12.6. The van der Waals surface area contributed by atoms with Crippen molar-refractivity contribution in [3.05, 3.63) is 35.2 Å². The molecule has 1 aromatic carbocycles. The van der Waals surface area contributed by atoms with Crippen LogP contribution in [0, 0.1) is 20.8 Å². The monoisotopic (exact) mass is 305 g/mol. The van der Waals surface area contributed by atoms with E-state index in [0.717, 1.165) is 22.7 Å². The maximum absolute atomic E-state index is 12.2. The number of amides is 1. The van der Waals surface area contributed by atoms with Crippen LogP contribution in [0.15, 0.2) is 27.8 Å². The largest absolute Gasteiger partial charge is 0.437 e. The number of aromatic nitrogens is 1. The fraction of sp³-hybridized carbons (Fsp3) is 0.333. The van der Waals surface area contributed by atoms with E-state index in [9.17, 15) is 4.79 Å². The molecule has 1 amide bonds. The predicted molar refractivity (Wildman–Crippen MR) is 85.5 cm³/mol. The first-order valence-electron chi connectivity index (χ1n) is 6.65. The van der Waals surface area contributed by atoms with Gasteiger partial charge in [0, 0.05) is 11.4 Å². The van der Waals surface area contributed by atoms with Gasteiger partial charge in [0.2, 0.25) is 5.91 Å². The van der Waals surface area contributed by atoms with Gasteiger partial charge >= 0.3 is 0 Å². The Balaban J connectivity index is 2.04. The van der Waals surface area contributed by atoms with Crippen molar-refractivity contribution in [3.8, 4) is 0 Å². The molecule has 0 radical (unpaired) electrons. The Bertz CT molecular complexity index is 647. The van der Waals surface area contributed by atoms with Crippen molar-refractivity contribution in [2.24, 2.45) is 0 Å². The Kier molecular flexibility index (Phi) is 4.57. The first-order valence-corrected chi connectivity index (χ1v) is 7.53. The first kappa shape index (κ1) is 15.4. The molecule has 0 aliphatic heterocycles. The SMILES string of the molecule is Cc1nc(SC(C)C(=O)Nc2cccc(N)c2C)oc1C. The van der Waals surface area contributed by atoms with Gasteiger partial charge in [-0.2, -0.15) is 0 Å². The number of nitrogen functional groups attached to an aromatic ring is 1. The summed E-state index contributed by atoms with van der Waals surface area (Å²) >= 11 is 1.29. The van der Waals surface area contributed by atoms with E-state index >= 15 is 0 Å². The summed E-state index contributed by atoms with van der Waals surface area (Å²) in [6.07, 6.45) is 0. The number of anilines is 2. The second kappa shape index (κ2) is 6.22. The zero-order chi connectivity index (χ0) is 15.6. The van der Waals surface area contributed by atoms with Gasteiger partial charge in [-0.1, -0.05) is 17.8 Å². The number of nitrogens with zero attached hydrogens (tertiary/aromatic N) is 1. The molecule has 0 bridgehead atoms. The maximum Gasteiger partial charge on any atom is 0.256 e. The minimum absolute atomic E-state index is 0.109. The molecule has 0 saturated carbocycles. The lowest BCUT2D eigenvalue weighted by Crippen LogP contribution is -2.23. The molecular weight excluding hydrogens is 286 g/mol. The van der Waals surface area contributed by atoms with Crippen LogP contribution in [0.2, 0.25) is 0 Å². The second-order valence-corrected chi connectivity index (χ2v) is 6.18. The summed E-state index contributed by atoms with van der Waals surface area (Å²) in [7, 11) is 0. The quantitative estimate of drug-likeness (QED) is 0.669. The van der Waals surface area contributed by atoms with Crippen molar-refractivity contribution in [1.29, 1.82) is 0 Å². The van der Waals surface area contributed by atoms with E-state index < -0.39 is 0 Å². The van der Waals surface area contributed by atoms with Crippen molar-refractivity contribution in [2.45, 2.75) is 38.2 Å². The fourth-order valence-electron chi connectivity index (χ4n) is 1.72. The summed E-state index contributed by atoms with van der Waals surface area (Å²) < 4.78 is 5.48. The molecule has 0 aliphatic rings. The van der Waals surface area contributed by atoms with Crippen molar-refractivity contribution in [2.75, 3.05) is 11.1 Å². The molecule has 2 aromatic rings. The molecule has 1 unspecified atom stereocenters. The molecule has 0 aliphatic carbocycles. The molecule has 2 rings (SSSR count). The number of benzene rings is 1. The molecule has 1 aromatic heterocycles. The number of carbonyl (C=O) groups is 1. The smallest absolute Gasteiger partial charge is 0.256 e. The zero-order valence-corrected chi connectivity index (χ0v) is 13.4. The molecule has 0 fully saturated rings. The third-order valence-electron chi connectivity index (χ3n) is 3.29. The van der Waals surface area contributed by atoms with Crippen molar-refractivity contribution >= 4 is 29.0 Å². The minimum atomic E-state index is -0.316. The fourth-order valence-corrected chi connectivity index (χ4v) is 2.55. The van der Waals surface area contributed by atoms with Crippen LogP contribution in [0.5, 0.6) is 0 Å². The Labute approximate surface area is 128 Å². The highest BCUT2D eigenvalue weighted by Gasteiger charge is 2.19. The van der Waals surface area contributed by atoms with E-state index in [1.54, 1.807) is 0 Å². The Morgan fingerprint density at radius 3 is 2.71 bits per heavy atom.